The molecular weight excluding hydrogens is 284 g/mol. The van der Waals surface area contributed by atoms with Gasteiger partial charge in [-0.2, -0.15) is 0 Å². The third kappa shape index (κ3) is 8.78. The number of unbranched alkanes of at least 4 members (excludes halogenated alkanes) is 6. The molecule has 23 heavy (non-hydrogen) atoms. The zero-order valence-electron chi connectivity index (χ0n) is 15.3. The van der Waals surface area contributed by atoms with Crippen molar-refractivity contribution in [2.75, 3.05) is 0 Å². The summed E-state index contributed by atoms with van der Waals surface area (Å²) in [6.45, 7) is 6.45. The number of hydrogen-bond donors (Lipinski definition) is 0. The molecule has 0 aliphatic carbocycles. The van der Waals surface area contributed by atoms with Gasteiger partial charge in [0.1, 0.15) is 6.10 Å². The second kappa shape index (κ2) is 12.2. The maximum absolute atomic E-state index is 12.3. The Balaban J connectivity index is 2.40. The van der Waals surface area contributed by atoms with E-state index in [1.807, 2.05) is 31.2 Å². The van der Waals surface area contributed by atoms with Gasteiger partial charge in [0.15, 0.2) is 0 Å². The topological polar surface area (TPSA) is 26.3 Å². The second-order valence-corrected chi connectivity index (χ2v) is 6.59. The first-order valence-electron chi connectivity index (χ1n) is 9.45. The molecule has 1 rings (SSSR count). The SMILES string of the molecule is CCCCCCCCC(CCCC)OC(=O)c1ccc(C)cc1. The number of carbonyl (C=O) groups is 1. The number of rotatable bonds is 12. The van der Waals surface area contributed by atoms with Gasteiger partial charge in [-0.25, -0.2) is 4.79 Å². The van der Waals surface area contributed by atoms with E-state index in [9.17, 15) is 4.79 Å². The van der Waals surface area contributed by atoms with Crippen molar-refractivity contribution >= 4 is 5.97 Å². The Kier molecular flexibility index (Phi) is 10.4. The molecule has 1 aromatic rings. The number of benzene rings is 1. The summed E-state index contributed by atoms with van der Waals surface area (Å²) in [4.78, 5) is 12.3. The first-order valence-corrected chi connectivity index (χ1v) is 9.45. The van der Waals surface area contributed by atoms with Crippen LogP contribution in [0.4, 0.5) is 0 Å². The molecule has 1 aromatic carbocycles. The molecule has 0 heterocycles. The average Bonchev–Trinajstić information content (AvgIpc) is 2.56. The molecule has 0 amide bonds. The monoisotopic (exact) mass is 318 g/mol. The van der Waals surface area contributed by atoms with Crippen molar-refractivity contribution in [2.24, 2.45) is 0 Å². The molecule has 0 radical (unpaired) electrons. The molecule has 0 aromatic heterocycles. The van der Waals surface area contributed by atoms with Crippen LogP contribution in [0.3, 0.4) is 0 Å². The summed E-state index contributed by atoms with van der Waals surface area (Å²) >= 11 is 0. The Bertz CT molecular complexity index is 422. The van der Waals surface area contributed by atoms with Crippen molar-refractivity contribution in [1.29, 1.82) is 0 Å². The van der Waals surface area contributed by atoms with Gasteiger partial charge in [-0.05, 0) is 38.3 Å². The predicted molar refractivity (Wildman–Crippen MR) is 97.9 cm³/mol. The summed E-state index contributed by atoms with van der Waals surface area (Å²) in [6, 6.07) is 7.65. The van der Waals surface area contributed by atoms with Crippen molar-refractivity contribution in [2.45, 2.75) is 91.1 Å². The maximum atomic E-state index is 12.3. The van der Waals surface area contributed by atoms with Crippen LogP contribution in [-0.2, 0) is 4.74 Å². The fraction of sp³-hybridized carbons (Fsp3) is 0.667. The molecule has 0 N–H and O–H groups in total. The summed E-state index contributed by atoms with van der Waals surface area (Å²) in [7, 11) is 0. The fourth-order valence-electron chi connectivity index (χ4n) is 2.76. The summed E-state index contributed by atoms with van der Waals surface area (Å²) in [5.74, 6) is -0.169. The average molecular weight is 319 g/mol. The number of carbonyl (C=O) groups excluding carboxylic acids is 1. The first kappa shape index (κ1) is 19.7. The number of hydrogen-bond acceptors (Lipinski definition) is 2. The smallest absolute Gasteiger partial charge is 0.338 e. The largest absolute Gasteiger partial charge is 0.459 e. The predicted octanol–water partition coefficient (Wildman–Crippen LogP) is 6.46. The molecule has 2 nitrogen and oxygen atoms in total. The lowest BCUT2D eigenvalue weighted by atomic mass is 10.0. The van der Waals surface area contributed by atoms with E-state index in [2.05, 4.69) is 13.8 Å². The number of esters is 1. The van der Waals surface area contributed by atoms with Gasteiger partial charge in [-0.1, -0.05) is 76.5 Å². The number of aryl methyl sites for hydroxylation is 1. The van der Waals surface area contributed by atoms with Crippen molar-refractivity contribution in [3.05, 3.63) is 35.4 Å². The lowest BCUT2D eigenvalue weighted by molar-refractivity contribution is 0.0250. The van der Waals surface area contributed by atoms with Gasteiger partial charge in [0.05, 0.1) is 5.56 Å². The molecule has 0 spiro atoms. The minimum Gasteiger partial charge on any atom is -0.459 e. The van der Waals surface area contributed by atoms with Crippen LogP contribution < -0.4 is 0 Å². The Morgan fingerprint density at radius 2 is 1.43 bits per heavy atom. The molecular formula is C21H34O2. The van der Waals surface area contributed by atoms with E-state index in [1.165, 1.54) is 38.5 Å². The van der Waals surface area contributed by atoms with Gasteiger partial charge >= 0.3 is 5.97 Å². The highest BCUT2D eigenvalue weighted by molar-refractivity contribution is 5.89. The standard InChI is InChI=1S/C21H34O2/c1-4-6-8-9-10-11-13-20(12-7-5-2)23-21(22)19-16-14-18(3)15-17-19/h14-17,20H,4-13H2,1-3H3. The van der Waals surface area contributed by atoms with Crippen LogP contribution in [0.2, 0.25) is 0 Å². The molecule has 0 saturated carbocycles. The Morgan fingerprint density at radius 1 is 0.870 bits per heavy atom. The Hall–Kier alpha value is -1.31. The summed E-state index contributed by atoms with van der Waals surface area (Å²) in [6.07, 6.45) is 12.0. The highest BCUT2D eigenvalue weighted by Crippen LogP contribution is 2.17. The highest BCUT2D eigenvalue weighted by atomic mass is 16.5. The molecule has 130 valence electrons. The molecule has 2 heteroatoms. The minimum atomic E-state index is -0.169. The molecule has 1 unspecified atom stereocenters. The second-order valence-electron chi connectivity index (χ2n) is 6.59. The molecule has 0 saturated heterocycles. The third-order valence-corrected chi connectivity index (χ3v) is 4.32. The van der Waals surface area contributed by atoms with Crippen LogP contribution in [0.25, 0.3) is 0 Å². The molecule has 0 bridgehead atoms. The van der Waals surface area contributed by atoms with Gasteiger partial charge in [-0.3, -0.25) is 0 Å². The van der Waals surface area contributed by atoms with Crippen LogP contribution in [0, 0.1) is 6.92 Å². The van der Waals surface area contributed by atoms with E-state index in [1.54, 1.807) is 0 Å². The summed E-state index contributed by atoms with van der Waals surface area (Å²) in [5, 5.41) is 0. The molecule has 0 aliphatic rings. The lowest BCUT2D eigenvalue weighted by Gasteiger charge is -2.18. The third-order valence-electron chi connectivity index (χ3n) is 4.32. The van der Waals surface area contributed by atoms with Crippen molar-refractivity contribution < 1.29 is 9.53 Å². The van der Waals surface area contributed by atoms with Gasteiger partial charge < -0.3 is 4.74 Å². The molecule has 0 fully saturated rings. The summed E-state index contributed by atoms with van der Waals surface area (Å²) in [5.41, 5.74) is 1.83. The van der Waals surface area contributed by atoms with Crippen molar-refractivity contribution in [3.63, 3.8) is 0 Å². The van der Waals surface area contributed by atoms with Gasteiger partial charge in [0.2, 0.25) is 0 Å². The van der Waals surface area contributed by atoms with Crippen molar-refractivity contribution in [3.8, 4) is 0 Å². The first-order chi connectivity index (χ1) is 11.2. The van der Waals surface area contributed by atoms with Crippen LogP contribution in [-0.4, -0.2) is 12.1 Å². The van der Waals surface area contributed by atoms with E-state index >= 15 is 0 Å². The van der Waals surface area contributed by atoms with Crippen LogP contribution in [0.1, 0.15) is 94.0 Å². The van der Waals surface area contributed by atoms with E-state index in [0.29, 0.717) is 5.56 Å². The number of ether oxygens (including phenoxy) is 1. The normalized spacial score (nSPS) is 12.1. The molecule has 0 aliphatic heterocycles. The van der Waals surface area contributed by atoms with Gasteiger partial charge in [0, 0.05) is 0 Å². The Labute approximate surface area is 142 Å². The lowest BCUT2D eigenvalue weighted by Crippen LogP contribution is -2.18. The fourth-order valence-corrected chi connectivity index (χ4v) is 2.76. The van der Waals surface area contributed by atoms with Crippen LogP contribution >= 0.6 is 0 Å². The Morgan fingerprint density at radius 3 is 2.09 bits per heavy atom. The zero-order chi connectivity index (χ0) is 16.9. The van der Waals surface area contributed by atoms with E-state index < -0.39 is 0 Å². The maximum Gasteiger partial charge on any atom is 0.338 e. The van der Waals surface area contributed by atoms with E-state index in [-0.39, 0.29) is 12.1 Å². The van der Waals surface area contributed by atoms with Gasteiger partial charge in [0.25, 0.3) is 0 Å². The molecule has 1 atom stereocenters. The quantitative estimate of drug-likeness (QED) is 0.326. The van der Waals surface area contributed by atoms with E-state index in [0.717, 1.165) is 31.2 Å². The van der Waals surface area contributed by atoms with Crippen molar-refractivity contribution in [1.82, 2.24) is 0 Å². The van der Waals surface area contributed by atoms with E-state index in [4.69, 9.17) is 4.74 Å². The highest BCUT2D eigenvalue weighted by Gasteiger charge is 2.15. The minimum absolute atomic E-state index is 0.0786. The van der Waals surface area contributed by atoms with Gasteiger partial charge in [-0.15, -0.1) is 0 Å². The summed E-state index contributed by atoms with van der Waals surface area (Å²) < 4.78 is 5.77. The zero-order valence-corrected chi connectivity index (χ0v) is 15.3. The van der Waals surface area contributed by atoms with Crippen LogP contribution in [0.15, 0.2) is 24.3 Å². The van der Waals surface area contributed by atoms with Crippen LogP contribution in [0.5, 0.6) is 0 Å².